The third-order valence-corrected chi connectivity index (χ3v) is 2.88. The fourth-order valence-electron chi connectivity index (χ4n) is 2.15. The van der Waals surface area contributed by atoms with Gasteiger partial charge in [0.25, 0.3) is 0 Å². The molecule has 0 radical (unpaired) electrons. The molecule has 0 unspecified atom stereocenters. The number of aromatic nitrogens is 2. The van der Waals surface area contributed by atoms with Gasteiger partial charge in [0.2, 0.25) is 0 Å². The van der Waals surface area contributed by atoms with E-state index in [4.69, 9.17) is 0 Å². The molecule has 2 rings (SSSR count). The molecule has 0 atom stereocenters. The molecule has 0 fully saturated rings. The van der Waals surface area contributed by atoms with Crippen LogP contribution in [0.2, 0.25) is 0 Å². The molecule has 0 aliphatic rings. The Morgan fingerprint density at radius 1 is 1.43 bits per heavy atom. The van der Waals surface area contributed by atoms with Gasteiger partial charge in [-0.1, -0.05) is 13.0 Å². The molecule has 2 heterocycles. The standard InChI is InChI=1S/C13H14F3N3O2/c1-2-6-18(8-13(14,15)16)11-10(12(20)21)19-7-4-3-5-9(19)17-11/h3-5,7H,2,6,8H2,1H3,(H,20,21). The van der Waals surface area contributed by atoms with E-state index in [1.807, 2.05) is 0 Å². The molecule has 0 saturated heterocycles. The van der Waals surface area contributed by atoms with Crippen molar-refractivity contribution in [2.75, 3.05) is 18.0 Å². The van der Waals surface area contributed by atoms with Crippen molar-refractivity contribution in [2.45, 2.75) is 19.5 Å². The second-order valence-corrected chi connectivity index (χ2v) is 4.55. The number of imidazole rings is 1. The molecule has 5 nitrogen and oxygen atoms in total. The van der Waals surface area contributed by atoms with Crippen LogP contribution in [-0.4, -0.2) is 39.7 Å². The number of hydrogen-bond acceptors (Lipinski definition) is 3. The predicted octanol–water partition coefficient (Wildman–Crippen LogP) is 2.81. The van der Waals surface area contributed by atoms with E-state index in [-0.39, 0.29) is 18.1 Å². The van der Waals surface area contributed by atoms with Gasteiger partial charge in [-0.25, -0.2) is 9.78 Å². The van der Waals surface area contributed by atoms with Crippen LogP contribution in [0.1, 0.15) is 23.8 Å². The van der Waals surface area contributed by atoms with Crippen LogP contribution >= 0.6 is 0 Å². The van der Waals surface area contributed by atoms with Gasteiger partial charge in [0, 0.05) is 12.7 Å². The molecular weight excluding hydrogens is 287 g/mol. The molecule has 0 aromatic carbocycles. The van der Waals surface area contributed by atoms with Crippen molar-refractivity contribution in [2.24, 2.45) is 0 Å². The smallest absolute Gasteiger partial charge is 0.405 e. The van der Waals surface area contributed by atoms with Gasteiger partial charge in [-0.05, 0) is 18.6 Å². The number of anilines is 1. The Hall–Kier alpha value is -2.25. The summed E-state index contributed by atoms with van der Waals surface area (Å²) >= 11 is 0. The maximum atomic E-state index is 12.7. The fourth-order valence-corrected chi connectivity index (χ4v) is 2.15. The Bertz CT molecular complexity index is 652. The number of alkyl halides is 3. The minimum atomic E-state index is -4.43. The number of nitrogens with zero attached hydrogens (tertiary/aromatic N) is 3. The summed E-state index contributed by atoms with van der Waals surface area (Å²) in [6.45, 7) is 0.564. The van der Waals surface area contributed by atoms with E-state index < -0.39 is 18.7 Å². The second-order valence-electron chi connectivity index (χ2n) is 4.55. The molecule has 0 saturated carbocycles. The SMILES string of the molecule is CCCN(CC(F)(F)F)c1nc2ccccn2c1C(=O)O. The number of pyridine rings is 1. The van der Waals surface area contributed by atoms with Crippen molar-refractivity contribution in [1.29, 1.82) is 0 Å². The van der Waals surface area contributed by atoms with E-state index in [2.05, 4.69) is 4.98 Å². The summed E-state index contributed by atoms with van der Waals surface area (Å²) in [6.07, 6.45) is -2.52. The van der Waals surface area contributed by atoms with Gasteiger partial charge in [0.15, 0.2) is 11.5 Å². The highest BCUT2D eigenvalue weighted by molar-refractivity contribution is 5.93. The first kappa shape index (κ1) is 15.1. The normalized spacial score (nSPS) is 11.8. The van der Waals surface area contributed by atoms with Crippen molar-refractivity contribution in [1.82, 2.24) is 9.38 Å². The third kappa shape index (κ3) is 3.26. The topological polar surface area (TPSA) is 57.8 Å². The fraction of sp³-hybridized carbons (Fsp3) is 0.385. The Kier molecular flexibility index (Phi) is 4.06. The number of rotatable bonds is 5. The first-order chi connectivity index (χ1) is 9.83. The zero-order valence-electron chi connectivity index (χ0n) is 11.3. The highest BCUT2D eigenvalue weighted by Gasteiger charge is 2.33. The average Bonchev–Trinajstić information content (AvgIpc) is 2.75. The van der Waals surface area contributed by atoms with Crippen molar-refractivity contribution >= 4 is 17.4 Å². The zero-order valence-corrected chi connectivity index (χ0v) is 11.3. The van der Waals surface area contributed by atoms with E-state index in [0.717, 1.165) is 4.90 Å². The molecule has 0 spiro atoms. The summed E-state index contributed by atoms with van der Waals surface area (Å²) in [5, 5.41) is 9.30. The molecule has 0 aliphatic heterocycles. The molecule has 0 aliphatic carbocycles. The van der Waals surface area contributed by atoms with Gasteiger partial charge < -0.3 is 10.0 Å². The highest BCUT2D eigenvalue weighted by Crippen LogP contribution is 2.26. The number of carbonyl (C=O) groups is 1. The number of aromatic carboxylic acids is 1. The molecule has 1 N–H and O–H groups in total. The summed E-state index contributed by atoms with van der Waals surface area (Å²) in [4.78, 5) is 16.4. The molecule has 0 bridgehead atoms. The van der Waals surface area contributed by atoms with Crippen LogP contribution in [0.5, 0.6) is 0 Å². The Balaban J connectivity index is 2.56. The zero-order chi connectivity index (χ0) is 15.6. The van der Waals surface area contributed by atoms with Crippen LogP contribution in [0.15, 0.2) is 24.4 Å². The summed E-state index contributed by atoms with van der Waals surface area (Å²) in [5.41, 5.74) is 0.0384. The van der Waals surface area contributed by atoms with Crippen LogP contribution < -0.4 is 4.90 Å². The van der Waals surface area contributed by atoms with E-state index >= 15 is 0 Å². The van der Waals surface area contributed by atoms with E-state index in [0.29, 0.717) is 12.1 Å². The third-order valence-electron chi connectivity index (χ3n) is 2.88. The second kappa shape index (κ2) is 5.63. The molecule has 8 heteroatoms. The van der Waals surface area contributed by atoms with Crippen LogP contribution in [0, 0.1) is 0 Å². The van der Waals surface area contributed by atoms with Gasteiger partial charge in [0.1, 0.15) is 12.2 Å². The van der Waals surface area contributed by atoms with E-state index in [1.165, 1.54) is 10.6 Å². The van der Waals surface area contributed by atoms with Gasteiger partial charge >= 0.3 is 12.1 Å². The maximum Gasteiger partial charge on any atom is 0.405 e. The van der Waals surface area contributed by atoms with Gasteiger partial charge in [-0.3, -0.25) is 4.40 Å². The lowest BCUT2D eigenvalue weighted by Crippen LogP contribution is -2.36. The van der Waals surface area contributed by atoms with E-state index in [9.17, 15) is 23.1 Å². The van der Waals surface area contributed by atoms with Crippen LogP contribution in [0.25, 0.3) is 5.65 Å². The number of hydrogen-bond donors (Lipinski definition) is 1. The molecule has 21 heavy (non-hydrogen) atoms. The van der Waals surface area contributed by atoms with Crippen molar-refractivity contribution < 1.29 is 23.1 Å². The summed E-state index contributed by atoms with van der Waals surface area (Å²) in [6, 6.07) is 4.79. The van der Waals surface area contributed by atoms with Crippen LogP contribution in [0.4, 0.5) is 19.0 Å². The number of carboxylic acid groups (broad SMARTS) is 1. The highest BCUT2D eigenvalue weighted by atomic mass is 19.4. The largest absolute Gasteiger partial charge is 0.476 e. The minimum Gasteiger partial charge on any atom is -0.476 e. The van der Waals surface area contributed by atoms with Crippen molar-refractivity contribution in [3.05, 3.63) is 30.1 Å². The lowest BCUT2D eigenvalue weighted by atomic mass is 10.3. The van der Waals surface area contributed by atoms with E-state index in [1.54, 1.807) is 25.1 Å². The molecule has 114 valence electrons. The van der Waals surface area contributed by atoms with Gasteiger partial charge in [-0.15, -0.1) is 0 Å². The Labute approximate surface area is 118 Å². The molecule has 2 aromatic rings. The minimum absolute atomic E-state index is 0.0731. The lowest BCUT2D eigenvalue weighted by Gasteiger charge is -2.23. The lowest BCUT2D eigenvalue weighted by molar-refractivity contribution is -0.119. The molecule has 0 amide bonds. The first-order valence-electron chi connectivity index (χ1n) is 6.35. The van der Waals surface area contributed by atoms with Crippen LogP contribution in [0.3, 0.4) is 0 Å². The van der Waals surface area contributed by atoms with Gasteiger partial charge in [0.05, 0.1) is 0 Å². The van der Waals surface area contributed by atoms with Crippen molar-refractivity contribution in [3.8, 4) is 0 Å². The average molecular weight is 301 g/mol. The molecule has 2 aromatic heterocycles. The number of halogens is 3. The summed E-state index contributed by atoms with van der Waals surface area (Å²) < 4.78 is 39.3. The summed E-state index contributed by atoms with van der Waals surface area (Å²) in [7, 11) is 0. The van der Waals surface area contributed by atoms with Gasteiger partial charge in [-0.2, -0.15) is 13.2 Å². The quantitative estimate of drug-likeness (QED) is 0.922. The first-order valence-corrected chi connectivity index (χ1v) is 6.35. The Morgan fingerprint density at radius 2 is 2.14 bits per heavy atom. The summed E-state index contributed by atoms with van der Waals surface area (Å²) in [5.74, 6) is -1.47. The van der Waals surface area contributed by atoms with Crippen molar-refractivity contribution in [3.63, 3.8) is 0 Å². The Morgan fingerprint density at radius 3 is 2.71 bits per heavy atom. The molecular formula is C13H14F3N3O2. The van der Waals surface area contributed by atoms with Crippen LogP contribution in [-0.2, 0) is 0 Å². The number of fused-ring (bicyclic) bond motifs is 1. The monoisotopic (exact) mass is 301 g/mol. The number of carboxylic acids is 1. The maximum absolute atomic E-state index is 12.7. The predicted molar refractivity (Wildman–Crippen MR) is 70.7 cm³/mol.